The largest absolute Gasteiger partial charge is 0.383 e. The summed E-state index contributed by atoms with van der Waals surface area (Å²) in [6.07, 6.45) is 7.01. The standard InChI is InChI=1S/C14H23FN2O2S/c1-2-3-4-5-6-7-10-17-14-9-8-12(11-13(14)15)20(16,18)19/h8-9,11,17H,2-7,10H2,1H3,(H2,16,18,19). The molecule has 0 atom stereocenters. The zero-order chi connectivity index (χ0) is 15.0. The molecule has 0 unspecified atom stereocenters. The molecule has 6 heteroatoms. The number of nitrogens with one attached hydrogen (secondary N) is 1. The third-order valence-electron chi connectivity index (χ3n) is 3.11. The van der Waals surface area contributed by atoms with Gasteiger partial charge in [0, 0.05) is 6.54 Å². The van der Waals surface area contributed by atoms with E-state index in [1.807, 2.05) is 0 Å². The minimum absolute atomic E-state index is 0.208. The van der Waals surface area contributed by atoms with E-state index in [-0.39, 0.29) is 4.90 Å². The zero-order valence-electron chi connectivity index (χ0n) is 11.9. The highest BCUT2D eigenvalue weighted by atomic mass is 32.2. The maximum atomic E-state index is 13.7. The van der Waals surface area contributed by atoms with Crippen LogP contribution in [0.1, 0.15) is 45.4 Å². The van der Waals surface area contributed by atoms with Crippen LogP contribution in [0.25, 0.3) is 0 Å². The minimum atomic E-state index is -3.85. The Morgan fingerprint density at radius 3 is 2.40 bits per heavy atom. The van der Waals surface area contributed by atoms with Gasteiger partial charge >= 0.3 is 0 Å². The summed E-state index contributed by atoms with van der Waals surface area (Å²) >= 11 is 0. The van der Waals surface area contributed by atoms with Crippen LogP contribution in [0.2, 0.25) is 0 Å². The number of rotatable bonds is 9. The number of nitrogens with two attached hydrogens (primary N) is 1. The van der Waals surface area contributed by atoms with Crippen LogP contribution >= 0.6 is 0 Å². The molecule has 0 radical (unpaired) electrons. The molecular formula is C14H23FN2O2S. The zero-order valence-corrected chi connectivity index (χ0v) is 12.7. The van der Waals surface area contributed by atoms with E-state index in [0.717, 1.165) is 18.9 Å². The van der Waals surface area contributed by atoms with E-state index in [9.17, 15) is 12.8 Å². The Hall–Kier alpha value is -1.14. The van der Waals surface area contributed by atoms with E-state index in [4.69, 9.17) is 5.14 Å². The van der Waals surface area contributed by atoms with Crippen LogP contribution in [0.5, 0.6) is 0 Å². The molecule has 0 amide bonds. The second-order valence-corrected chi connectivity index (χ2v) is 6.44. The number of benzene rings is 1. The molecule has 114 valence electrons. The Morgan fingerprint density at radius 2 is 1.80 bits per heavy atom. The molecule has 1 aromatic carbocycles. The Labute approximate surface area is 120 Å². The predicted molar refractivity (Wildman–Crippen MR) is 79.6 cm³/mol. The number of halogens is 1. The molecule has 1 rings (SSSR count). The fraction of sp³-hybridized carbons (Fsp3) is 0.571. The highest BCUT2D eigenvalue weighted by Crippen LogP contribution is 2.18. The van der Waals surface area contributed by atoms with E-state index < -0.39 is 15.8 Å². The molecular weight excluding hydrogens is 279 g/mol. The topological polar surface area (TPSA) is 72.2 Å². The van der Waals surface area contributed by atoms with Crippen LogP contribution in [0, 0.1) is 5.82 Å². The Morgan fingerprint density at radius 1 is 1.15 bits per heavy atom. The van der Waals surface area contributed by atoms with E-state index in [0.29, 0.717) is 12.2 Å². The van der Waals surface area contributed by atoms with Crippen LogP contribution in [-0.2, 0) is 10.0 Å². The highest BCUT2D eigenvalue weighted by Gasteiger charge is 2.11. The van der Waals surface area contributed by atoms with Crippen molar-refractivity contribution in [2.24, 2.45) is 5.14 Å². The third-order valence-corrected chi connectivity index (χ3v) is 4.03. The summed E-state index contributed by atoms with van der Waals surface area (Å²) in [5.74, 6) is -0.595. The van der Waals surface area contributed by atoms with Gasteiger partial charge in [0.25, 0.3) is 0 Å². The summed E-state index contributed by atoms with van der Waals surface area (Å²) in [7, 11) is -3.85. The lowest BCUT2D eigenvalue weighted by Gasteiger charge is -2.08. The van der Waals surface area contributed by atoms with E-state index >= 15 is 0 Å². The number of hydrogen-bond donors (Lipinski definition) is 2. The Bertz CT molecular complexity index is 518. The molecule has 3 N–H and O–H groups in total. The number of primary sulfonamides is 1. The molecule has 0 fully saturated rings. The molecule has 0 spiro atoms. The lowest BCUT2D eigenvalue weighted by Crippen LogP contribution is -2.13. The second kappa shape index (κ2) is 8.21. The first-order valence-corrected chi connectivity index (χ1v) is 8.56. The molecule has 20 heavy (non-hydrogen) atoms. The number of anilines is 1. The van der Waals surface area contributed by atoms with Crippen molar-refractivity contribution in [3.63, 3.8) is 0 Å². The smallest absolute Gasteiger partial charge is 0.238 e. The van der Waals surface area contributed by atoms with Gasteiger partial charge in [0.2, 0.25) is 10.0 Å². The van der Waals surface area contributed by atoms with Crippen LogP contribution in [0.3, 0.4) is 0 Å². The third kappa shape index (κ3) is 5.88. The van der Waals surface area contributed by atoms with E-state index in [1.165, 1.54) is 37.8 Å². The second-order valence-electron chi connectivity index (χ2n) is 4.88. The molecule has 4 nitrogen and oxygen atoms in total. The predicted octanol–water partition coefficient (Wildman–Crippen LogP) is 3.25. The number of unbranched alkanes of at least 4 members (excludes halogenated alkanes) is 5. The molecule has 0 aliphatic rings. The van der Waals surface area contributed by atoms with Gasteiger partial charge in [-0.15, -0.1) is 0 Å². The van der Waals surface area contributed by atoms with Crippen molar-refractivity contribution in [3.05, 3.63) is 24.0 Å². The van der Waals surface area contributed by atoms with Gasteiger partial charge in [0.05, 0.1) is 10.6 Å². The summed E-state index contributed by atoms with van der Waals surface area (Å²) in [6.45, 7) is 2.85. The van der Waals surface area contributed by atoms with Gasteiger partial charge < -0.3 is 5.32 Å². The van der Waals surface area contributed by atoms with Gasteiger partial charge in [0.15, 0.2) is 0 Å². The minimum Gasteiger partial charge on any atom is -0.383 e. The van der Waals surface area contributed by atoms with Crippen molar-refractivity contribution < 1.29 is 12.8 Å². The summed E-state index contributed by atoms with van der Waals surface area (Å²) < 4.78 is 35.8. The van der Waals surface area contributed by atoms with Gasteiger partial charge in [-0.05, 0) is 24.6 Å². The van der Waals surface area contributed by atoms with Crippen LogP contribution < -0.4 is 10.5 Å². The van der Waals surface area contributed by atoms with Gasteiger partial charge in [-0.1, -0.05) is 39.0 Å². The number of hydrogen-bond acceptors (Lipinski definition) is 3. The molecule has 0 saturated carbocycles. The maximum absolute atomic E-state index is 13.7. The number of sulfonamides is 1. The molecule has 0 aromatic heterocycles. The molecule has 1 aromatic rings. The molecule has 0 aliphatic carbocycles. The van der Waals surface area contributed by atoms with Crippen molar-refractivity contribution in [1.82, 2.24) is 0 Å². The van der Waals surface area contributed by atoms with Crippen LogP contribution in [0.4, 0.5) is 10.1 Å². The van der Waals surface area contributed by atoms with Crippen LogP contribution in [0.15, 0.2) is 23.1 Å². The molecule has 0 bridgehead atoms. The van der Waals surface area contributed by atoms with Crippen molar-refractivity contribution >= 4 is 15.7 Å². The average molecular weight is 302 g/mol. The van der Waals surface area contributed by atoms with Crippen molar-refractivity contribution in [1.29, 1.82) is 0 Å². The van der Waals surface area contributed by atoms with Gasteiger partial charge in [0.1, 0.15) is 5.82 Å². The average Bonchev–Trinajstić information content (AvgIpc) is 2.38. The first-order chi connectivity index (χ1) is 9.45. The lowest BCUT2D eigenvalue weighted by atomic mass is 10.1. The SMILES string of the molecule is CCCCCCCCNc1ccc(S(N)(=O)=O)cc1F. The lowest BCUT2D eigenvalue weighted by molar-refractivity contribution is 0.592. The normalized spacial score (nSPS) is 11.6. The fourth-order valence-electron chi connectivity index (χ4n) is 1.94. The van der Waals surface area contributed by atoms with Crippen molar-refractivity contribution in [2.75, 3.05) is 11.9 Å². The highest BCUT2D eigenvalue weighted by molar-refractivity contribution is 7.89. The first-order valence-electron chi connectivity index (χ1n) is 7.01. The van der Waals surface area contributed by atoms with Crippen LogP contribution in [-0.4, -0.2) is 15.0 Å². The fourth-order valence-corrected chi connectivity index (χ4v) is 2.47. The Kier molecular flexibility index (Phi) is 6.95. The monoisotopic (exact) mass is 302 g/mol. The summed E-state index contributed by atoms with van der Waals surface area (Å²) in [5.41, 5.74) is 0.311. The molecule has 0 heterocycles. The van der Waals surface area contributed by atoms with Crippen molar-refractivity contribution in [3.8, 4) is 0 Å². The van der Waals surface area contributed by atoms with E-state index in [2.05, 4.69) is 12.2 Å². The van der Waals surface area contributed by atoms with Gasteiger partial charge in [-0.25, -0.2) is 17.9 Å². The van der Waals surface area contributed by atoms with Crippen molar-refractivity contribution in [2.45, 2.75) is 50.3 Å². The first kappa shape index (κ1) is 16.9. The molecule has 0 saturated heterocycles. The van der Waals surface area contributed by atoms with E-state index in [1.54, 1.807) is 0 Å². The summed E-state index contributed by atoms with van der Waals surface area (Å²) in [4.78, 5) is -0.208. The van der Waals surface area contributed by atoms with Gasteiger partial charge in [-0.3, -0.25) is 0 Å². The molecule has 0 aliphatic heterocycles. The Balaban J connectivity index is 2.38. The maximum Gasteiger partial charge on any atom is 0.238 e. The summed E-state index contributed by atoms with van der Waals surface area (Å²) in [6, 6.07) is 3.66. The van der Waals surface area contributed by atoms with Gasteiger partial charge in [-0.2, -0.15) is 0 Å². The quantitative estimate of drug-likeness (QED) is 0.688. The summed E-state index contributed by atoms with van der Waals surface area (Å²) in [5, 5.41) is 7.91.